The number of rotatable bonds is 5. The molecule has 0 radical (unpaired) electrons. The molecule has 0 aromatic carbocycles. The summed E-state index contributed by atoms with van der Waals surface area (Å²) in [5.74, 6) is -0.0496. The molecule has 1 aromatic heterocycles. The molecule has 0 aliphatic carbocycles. The molecular formula is C11H19N3O. The molecule has 0 fully saturated rings. The molecule has 1 heterocycles. The van der Waals surface area contributed by atoms with Crippen molar-refractivity contribution in [2.24, 2.45) is 12.8 Å². The Labute approximate surface area is 90.5 Å². The van der Waals surface area contributed by atoms with Crippen LogP contribution in [0.4, 0.5) is 0 Å². The Morgan fingerprint density at radius 1 is 1.67 bits per heavy atom. The fourth-order valence-corrected chi connectivity index (χ4v) is 1.55. The van der Waals surface area contributed by atoms with Crippen molar-refractivity contribution in [1.29, 1.82) is 0 Å². The summed E-state index contributed by atoms with van der Waals surface area (Å²) >= 11 is 0. The number of nitrogens with two attached hydrogens (primary N) is 1. The van der Waals surface area contributed by atoms with E-state index in [9.17, 15) is 4.79 Å². The molecule has 1 atom stereocenters. The molecule has 1 unspecified atom stereocenters. The van der Waals surface area contributed by atoms with Crippen LogP contribution in [0.3, 0.4) is 0 Å². The number of carbonyl (C=O) groups is 1. The summed E-state index contributed by atoms with van der Waals surface area (Å²) in [6, 6.07) is 3.73. The van der Waals surface area contributed by atoms with Crippen LogP contribution in [-0.2, 0) is 7.05 Å². The van der Waals surface area contributed by atoms with Crippen LogP contribution in [0.25, 0.3) is 0 Å². The van der Waals surface area contributed by atoms with Crippen molar-refractivity contribution >= 4 is 5.91 Å². The zero-order chi connectivity index (χ0) is 11.3. The van der Waals surface area contributed by atoms with Crippen LogP contribution in [0.1, 0.15) is 30.3 Å². The fraction of sp³-hybridized carbons (Fsp3) is 0.545. The minimum Gasteiger partial charge on any atom is -0.347 e. The van der Waals surface area contributed by atoms with Gasteiger partial charge in [0.15, 0.2) is 0 Å². The molecule has 1 amide bonds. The highest BCUT2D eigenvalue weighted by Crippen LogP contribution is 2.01. The van der Waals surface area contributed by atoms with E-state index in [1.54, 1.807) is 10.6 Å². The fourth-order valence-electron chi connectivity index (χ4n) is 1.55. The average molecular weight is 209 g/mol. The van der Waals surface area contributed by atoms with E-state index in [0.29, 0.717) is 12.2 Å². The van der Waals surface area contributed by atoms with E-state index in [0.717, 1.165) is 12.8 Å². The second-order valence-corrected chi connectivity index (χ2v) is 3.70. The first-order valence-corrected chi connectivity index (χ1v) is 5.31. The van der Waals surface area contributed by atoms with Crippen LogP contribution in [0.5, 0.6) is 0 Å². The Bertz CT molecular complexity index is 319. The maximum Gasteiger partial charge on any atom is 0.268 e. The maximum atomic E-state index is 11.8. The first-order chi connectivity index (χ1) is 7.19. The van der Waals surface area contributed by atoms with Gasteiger partial charge in [0.2, 0.25) is 0 Å². The molecule has 0 spiro atoms. The molecule has 15 heavy (non-hydrogen) atoms. The van der Waals surface area contributed by atoms with Gasteiger partial charge in [-0.05, 0) is 18.6 Å². The lowest BCUT2D eigenvalue weighted by Crippen LogP contribution is -2.40. The van der Waals surface area contributed by atoms with E-state index in [1.165, 1.54) is 0 Å². The standard InChI is InChI=1S/C11H19N3O/c1-3-5-9(8-12)13-11(15)10-6-4-7-14(10)2/h4,6-7,9H,3,5,8,12H2,1-2H3,(H,13,15). The van der Waals surface area contributed by atoms with E-state index in [1.807, 2.05) is 19.3 Å². The van der Waals surface area contributed by atoms with Crippen molar-refractivity contribution in [3.63, 3.8) is 0 Å². The summed E-state index contributed by atoms with van der Waals surface area (Å²) < 4.78 is 1.80. The average Bonchev–Trinajstić information content (AvgIpc) is 2.63. The Hall–Kier alpha value is -1.29. The number of aryl methyl sites for hydroxylation is 1. The summed E-state index contributed by atoms with van der Waals surface area (Å²) in [5.41, 5.74) is 6.25. The molecule has 0 saturated carbocycles. The Morgan fingerprint density at radius 2 is 2.40 bits per heavy atom. The molecule has 0 bridgehead atoms. The topological polar surface area (TPSA) is 60.0 Å². The van der Waals surface area contributed by atoms with E-state index >= 15 is 0 Å². The molecule has 4 nitrogen and oxygen atoms in total. The van der Waals surface area contributed by atoms with Crippen LogP contribution in [0, 0.1) is 0 Å². The van der Waals surface area contributed by atoms with Gasteiger partial charge < -0.3 is 15.6 Å². The smallest absolute Gasteiger partial charge is 0.268 e. The monoisotopic (exact) mass is 209 g/mol. The predicted molar refractivity (Wildman–Crippen MR) is 60.6 cm³/mol. The third-order valence-corrected chi connectivity index (χ3v) is 2.43. The van der Waals surface area contributed by atoms with Crippen molar-refractivity contribution in [2.75, 3.05) is 6.54 Å². The first kappa shape index (κ1) is 11.8. The van der Waals surface area contributed by atoms with Gasteiger partial charge in [-0.15, -0.1) is 0 Å². The number of hydrogen-bond donors (Lipinski definition) is 2. The minimum atomic E-state index is -0.0496. The van der Waals surface area contributed by atoms with E-state index in [4.69, 9.17) is 5.73 Å². The summed E-state index contributed by atoms with van der Waals surface area (Å²) in [7, 11) is 1.85. The van der Waals surface area contributed by atoms with E-state index in [2.05, 4.69) is 12.2 Å². The van der Waals surface area contributed by atoms with E-state index < -0.39 is 0 Å². The lowest BCUT2D eigenvalue weighted by molar-refractivity contribution is 0.0928. The number of nitrogens with zero attached hydrogens (tertiary/aromatic N) is 1. The van der Waals surface area contributed by atoms with Gasteiger partial charge in [-0.3, -0.25) is 4.79 Å². The molecular weight excluding hydrogens is 190 g/mol. The van der Waals surface area contributed by atoms with E-state index in [-0.39, 0.29) is 11.9 Å². The van der Waals surface area contributed by atoms with Gasteiger partial charge in [-0.2, -0.15) is 0 Å². The number of amides is 1. The highest BCUT2D eigenvalue weighted by atomic mass is 16.2. The van der Waals surface area contributed by atoms with Crippen molar-refractivity contribution in [3.8, 4) is 0 Å². The normalized spacial score (nSPS) is 12.5. The van der Waals surface area contributed by atoms with Gasteiger partial charge in [-0.25, -0.2) is 0 Å². The zero-order valence-electron chi connectivity index (χ0n) is 9.36. The van der Waals surface area contributed by atoms with Gasteiger partial charge in [0, 0.05) is 25.8 Å². The van der Waals surface area contributed by atoms with Gasteiger partial charge in [0.05, 0.1) is 0 Å². The zero-order valence-corrected chi connectivity index (χ0v) is 9.36. The second-order valence-electron chi connectivity index (χ2n) is 3.70. The van der Waals surface area contributed by atoms with Crippen LogP contribution >= 0.6 is 0 Å². The molecule has 1 rings (SSSR count). The Morgan fingerprint density at radius 3 is 2.87 bits per heavy atom. The van der Waals surface area contributed by atoms with Crippen LogP contribution < -0.4 is 11.1 Å². The number of hydrogen-bond acceptors (Lipinski definition) is 2. The maximum absolute atomic E-state index is 11.8. The van der Waals surface area contributed by atoms with Gasteiger partial charge in [-0.1, -0.05) is 13.3 Å². The molecule has 0 aliphatic rings. The van der Waals surface area contributed by atoms with Crippen LogP contribution in [0.15, 0.2) is 18.3 Å². The first-order valence-electron chi connectivity index (χ1n) is 5.31. The van der Waals surface area contributed by atoms with Crippen molar-refractivity contribution < 1.29 is 4.79 Å². The highest BCUT2D eigenvalue weighted by Gasteiger charge is 2.13. The second kappa shape index (κ2) is 5.56. The molecule has 84 valence electrons. The third kappa shape index (κ3) is 3.09. The number of aromatic nitrogens is 1. The minimum absolute atomic E-state index is 0.0496. The van der Waals surface area contributed by atoms with Crippen LogP contribution in [0.2, 0.25) is 0 Å². The Balaban J connectivity index is 2.58. The summed E-state index contributed by atoms with van der Waals surface area (Å²) in [5, 5.41) is 2.93. The van der Waals surface area contributed by atoms with Crippen molar-refractivity contribution in [3.05, 3.63) is 24.0 Å². The largest absolute Gasteiger partial charge is 0.347 e. The molecule has 1 aromatic rings. The molecule has 0 aliphatic heterocycles. The summed E-state index contributed by atoms with van der Waals surface area (Å²) in [4.78, 5) is 11.8. The predicted octanol–water partition coefficient (Wildman–Crippen LogP) is 0.882. The molecule has 0 saturated heterocycles. The summed E-state index contributed by atoms with van der Waals surface area (Å²) in [6.07, 6.45) is 3.80. The number of nitrogens with one attached hydrogen (secondary N) is 1. The van der Waals surface area contributed by atoms with Gasteiger partial charge in [0.25, 0.3) is 5.91 Å². The van der Waals surface area contributed by atoms with Crippen LogP contribution in [-0.4, -0.2) is 23.1 Å². The molecule has 3 N–H and O–H groups in total. The van der Waals surface area contributed by atoms with Gasteiger partial charge >= 0.3 is 0 Å². The summed E-state index contributed by atoms with van der Waals surface area (Å²) in [6.45, 7) is 2.57. The molecule has 4 heteroatoms. The SMILES string of the molecule is CCCC(CN)NC(=O)c1cccn1C. The van der Waals surface area contributed by atoms with Crippen molar-refractivity contribution in [1.82, 2.24) is 9.88 Å². The Kier molecular flexibility index (Phi) is 4.37. The van der Waals surface area contributed by atoms with Gasteiger partial charge in [0.1, 0.15) is 5.69 Å². The lowest BCUT2D eigenvalue weighted by atomic mass is 10.1. The number of carbonyl (C=O) groups excluding carboxylic acids is 1. The third-order valence-electron chi connectivity index (χ3n) is 2.43. The highest BCUT2D eigenvalue weighted by molar-refractivity contribution is 5.92. The van der Waals surface area contributed by atoms with Crippen molar-refractivity contribution in [2.45, 2.75) is 25.8 Å². The lowest BCUT2D eigenvalue weighted by Gasteiger charge is -2.15. The quantitative estimate of drug-likeness (QED) is 0.756.